The molecule has 0 aromatic carbocycles. The Morgan fingerprint density at radius 2 is 2.37 bits per heavy atom. The number of hydrogen-bond acceptors (Lipinski definition) is 3. The highest BCUT2D eigenvalue weighted by Crippen LogP contribution is 2.16. The van der Waals surface area contributed by atoms with Crippen LogP contribution in [0.25, 0.3) is 0 Å². The molecule has 1 aromatic rings. The van der Waals surface area contributed by atoms with E-state index in [-0.39, 0.29) is 18.7 Å². The second-order valence-electron chi connectivity index (χ2n) is 5.02. The number of carbonyl (C=O) groups excluding carboxylic acids is 1. The molecule has 0 aliphatic carbocycles. The number of nitrogens with one attached hydrogen (secondary N) is 1. The van der Waals surface area contributed by atoms with Gasteiger partial charge in [0.15, 0.2) is 0 Å². The predicted octanol–water partition coefficient (Wildman–Crippen LogP) is 1.69. The number of aliphatic hydroxyl groups is 1. The molecule has 19 heavy (non-hydrogen) atoms. The van der Waals surface area contributed by atoms with Gasteiger partial charge in [-0.1, -0.05) is 0 Å². The molecule has 5 heteroatoms. The summed E-state index contributed by atoms with van der Waals surface area (Å²) in [6.07, 6.45) is 3.68. The highest BCUT2D eigenvalue weighted by molar-refractivity contribution is 5.74. The molecule has 1 aliphatic heterocycles. The minimum atomic E-state index is -0.0815. The lowest BCUT2D eigenvalue weighted by molar-refractivity contribution is 0.108. The zero-order valence-electron chi connectivity index (χ0n) is 11.4. The molecule has 2 rings (SSSR count). The number of carbonyl (C=O) groups is 1. The van der Waals surface area contributed by atoms with Crippen molar-refractivity contribution < 1.29 is 14.3 Å². The summed E-state index contributed by atoms with van der Waals surface area (Å²) in [6.45, 7) is 3.24. The van der Waals surface area contributed by atoms with Crippen molar-refractivity contribution >= 4 is 6.03 Å². The minimum absolute atomic E-state index is 0.0281. The molecular weight excluding hydrogens is 244 g/mol. The molecule has 0 spiro atoms. The van der Waals surface area contributed by atoms with Gasteiger partial charge in [0.25, 0.3) is 0 Å². The molecule has 0 unspecified atom stereocenters. The summed E-state index contributed by atoms with van der Waals surface area (Å²) in [5.41, 5.74) is 0. The van der Waals surface area contributed by atoms with Gasteiger partial charge in [-0.3, -0.25) is 0 Å². The van der Waals surface area contributed by atoms with E-state index in [9.17, 15) is 9.90 Å². The Labute approximate surface area is 113 Å². The van der Waals surface area contributed by atoms with E-state index < -0.39 is 0 Å². The molecule has 0 radical (unpaired) electrons. The van der Waals surface area contributed by atoms with Crippen LogP contribution in [0.4, 0.5) is 4.79 Å². The molecule has 1 atom stereocenters. The number of likely N-dealkylation sites (tertiary alicyclic amines) is 1. The van der Waals surface area contributed by atoms with Gasteiger partial charge in [-0.2, -0.15) is 0 Å². The Morgan fingerprint density at radius 3 is 3.05 bits per heavy atom. The van der Waals surface area contributed by atoms with E-state index in [1.54, 1.807) is 4.90 Å². The monoisotopic (exact) mass is 266 g/mol. The fraction of sp³-hybridized carbons (Fsp3) is 0.643. The molecule has 1 saturated heterocycles. The van der Waals surface area contributed by atoms with Gasteiger partial charge in [0, 0.05) is 19.5 Å². The lowest BCUT2D eigenvalue weighted by atomic mass is 10.0. The van der Waals surface area contributed by atoms with E-state index in [0.29, 0.717) is 13.0 Å². The van der Waals surface area contributed by atoms with Crippen LogP contribution in [-0.2, 0) is 6.42 Å². The van der Waals surface area contributed by atoms with Crippen LogP contribution < -0.4 is 5.32 Å². The molecule has 5 nitrogen and oxygen atoms in total. The first kappa shape index (κ1) is 13.9. The third kappa shape index (κ3) is 3.73. The second kappa shape index (κ2) is 6.61. The van der Waals surface area contributed by atoms with Crippen LogP contribution in [0.1, 0.15) is 30.8 Å². The number of amides is 2. The Kier molecular flexibility index (Phi) is 4.85. The third-order valence-corrected chi connectivity index (χ3v) is 3.54. The summed E-state index contributed by atoms with van der Waals surface area (Å²) in [6, 6.07) is 3.74. The predicted molar refractivity (Wildman–Crippen MR) is 72.0 cm³/mol. The summed E-state index contributed by atoms with van der Waals surface area (Å²) >= 11 is 0. The Hall–Kier alpha value is -1.49. The largest absolute Gasteiger partial charge is 0.466 e. The SMILES string of the molecule is Cc1ccc(CCNC(=O)N2CCCC[C@@H]2CO)o1. The van der Waals surface area contributed by atoms with E-state index in [1.807, 2.05) is 19.1 Å². The quantitative estimate of drug-likeness (QED) is 0.871. The maximum atomic E-state index is 12.0. The van der Waals surface area contributed by atoms with E-state index in [4.69, 9.17) is 4.42 Å². The van der Waals surface area contributed by atoms with Gasteiger partial charge >= 0.3 is 6.03 Å². The zero-order chi connectivity index (χ0) is 13.7. The Balaban J connectivity index is 1.77. The average molecular weight is 266 g/mol. The first-order valence-corrected chi connectivity index (χ1v) is 6.91. The zero-order valence-corrected chi connectivity index (χ0v) is 11.4. The van der Waals surface area contributed by atoms with Gasteiger partial charge in [-0.15, -0.1) is 0 Å². The Morgan fingerprint density at radius 1 is 1.53 bits per heavy atom. The van der Waals surface area contributed by atoms with Crippen LogP contribution in [0.5, 0.6) is 0 Å². The molecule has 1 aromatic heterocycles. The number of urea groups is 1. The summed E-state index contributed by atoms with van der Waals surface area (Å²) in [5, 5.41) is 12.2. The molecule has 106 valence electrons. The van der Waals surface area contributed by atoms with Crippen molar-refractivity contribution in [3.63, 3.8) is 0 Å². The summed E-state index contributed by atoms with van der Waals surface area (Å²) < 4.78 is 5.45. The van der Waals surface area contributed by atoms with Crippen LogP contribution in [-0.4, -0.2) is 41.8 Å². The fourth-order valence-electron chi connectivity index (χ4n) is 2.47. The molecule has 2 heterocycles. The van der Waals surface area contributed by atoms with Crippen molar-refractivity contribution in [3.8, 4) is 0 Å². The average Bonchev–Trinajstić information content (AvgIpc) is 2.84. The molecular formula is C14H22N2O3. The van der Waals surface area contributed by atoms with Gasteiger partial charge in [0.05, 0.1) is 12.6 Å². The maximum absolute atomic E-state index is 12.0. The maximum Gasteiger partial charge on any atom is 0.317 e. The van der Waals surface area contributed by atoms with Crippen molar-refractivity contribution in [2.75, 3.05) is 19.7 Å². The number of nitrogens with zero attached hydrogens (tertiary/aromatic N) is 1. The van der Waals surface area contributed by atoms with Gasteiger partial charge < -0.3 is 19.7 Å². The second-order valence-corrected chi connectivity index (χ2v) is 5.02. The van der Waals surface area contributed by atoms with Gasteiger partial charge in [-0.05, 0) is 38.3 Å². The van der Waals surface area contributed by atoms with Crippen LogP contribution in [0.3, 0.4) is 0 Å². The van der Waals surface area contributed by atoms with Crippen LogP contribution in [0, 0.1) is 6.92 Å². The molecule has 2 N–H and O–H groups in total. The number of furan rings is 1. The Bertz CT molecular complexity index is 417. The number of rotatable bonds is 4. The third-order valence-electron chi connectivity index (χ3n) is 3.54. The molecule has 0 saturated carbocycles. The van der Waals surface area contributed by atoms with Crippen molar-refractivity contribution in [3.05, 3.63) is 23.7 Å². The summed E-state index contributed by atoms with van der Waals surface area (Å²) in [7, 11) is 0. The van der Waals surface area contributed by atoms with E-state index >= 15 is 0 Å². The van der Waals surface area contributed by atoms with E-state index in [0.717, 1.165) is 37.3 Å². The standard InChI is InChI=1S/C14H22N2O3/c1-11-5-6-13(19-11)7-8-15-14(18)16-9-3-2-4-12(16)10-17/h5-6,12,17H,2-4,7-10H2,1H3,(H,15,18)/t12-/m1/s1. The number of aryl methyl sites for hydroxylation is 1. The van der Waals surface area contributed by atoms with Gasteiger partial charge in [0.2, 0.25) is 0 Å². The van der Waals surface area contributed by atoms with Crippen molar-refractivity contribution in [1.82, 2.24) is 10.2 Å². The first-order chi connectivity index (χ1) is 9.20. The highest BCUT2D eigenvalue weighted by Gasteiger charge is 2.25. The van der Waals surface area contributed by atoms with Crippen LogP contribution in [0.15, 0.2) is 16.5 Å². The highest BCUT2D eigenvalue weighted by atomic mass is 16.3. The van der Waals surface area contributed by atoms with Crippen LogP contribution in [0.2, 0.25) is 0 Å². The number of hydrogen-bond donors (Lipinski definition) is 2. The van der Waals surface area contributed by atoms with Gasteiger partial charge in [-0.25, -0.2) is 4.79 Å². The van der Waals surface area contributed by atoms with Crippen molar-refractivity contribution in [2.45, 2.75) is 38.6 Å². The smallest absolute Gasteiger partial charge is 0.317 e. The number of aliphatic hydroxyl groups excluding tert-OH is 1. The molecule has 1 aliphatic rings. The molecule has 1 fully saturated rings. The minimum Gasteiger partial charge on any atom is -0.466 e. The number of piperidine rings is 1. The van der Waals surface area contributed by atoms with Crippen molar-refractivity contribution in [1.29, 1.82) is 0 Å². The summed E-state index contributed by atoms with van der Waals surface area (Å²) in [4.78, 5) is 13.8. The fourth-order valence-corrected chi connectivity index (χ4v) is 2.47. The lowest BCUT2D eigenvalue weighted by Crippen LogP contribution is -2.50. The first-order valence-electron chi connectivity index (χ1n) is 6.91. The molecule has 2 amide bonds. The van der Waals surface area contributed by atoms with Crippen molar-refractivity contribution in [2.24, 2.45) is 0 Å². The topological polar surface area (TPSA) is 65.7 Å². The van der Waals surface area contributed by atoms with Crippen LogP contribution >= 0.6 is 0 Å². The lowest BCUT2D eigenvalue weighted by Gasteiger charge is -2.34. The molecule has 0 bridgehead atoms. The van der Waals surface area contributed by atoms with E-state index in [1.165, 1.54) is 0 Å². The van der Waals surface area contributed by atoms with Gasteiger partial charge in [0.1, 0.15) is 11.5 Å². The van der Waals surface area contributed by atoms with E-state index in [2.05, 4.69) is 5.32 Å². The normalized spacial score (nSPS) is 19.5. The summed E-state index contributed by atoms with van der Waals surface area (Å²) in [5.74, 6) is 1.77.